The molecule has 4 heterocycles. The monoisotopic (exact) mass is 423 g/mol. The molecule has 0 spiro atoms. The van der Waals surface area contributed by atoms with Crippen molar-refractivity contribution >= 4 is 17.7 Å². The predicted molar refractivity (Wildman–Crippen MR) is 119 cm³/mol. The first-order valence-corrected chi connectivity index (χ1v) is 11.5. The van der Waals surface area contributed by atoms with E-state index >= 15 is 0 Å². The van der Waals surface area contributed by atoms with Gasteiger partial charge in [0.05, 0.1) is 12.2 Å². The lowest BCUT2D eigenvalue weighted by Crippen LogP contribution is -2.39. The van der Waals surface area contributed by atoms with E-state index in [1.807, 2.05) is 4.90 Å². The number of amides is 1. The Morgan fingerprint density at radius 1 is 1.03 bits per heavy atom. The van der Waals surface area contributed by atoms with Crippen LogP contribution in [0.3, 0.4) is 0 Å². The number of piperidine rings is 1. The van der Waals surface area contributed by atoms with Crippen LogP contribution in [0, 0.1) is 11.7 Å². The number of aromatic nitrogens is 2. The molecule has 0 unspecified atom stereocenters. The molecule has 0 bridgehead atoms. The van der Waals surface area contributed by atoms with Gasteiger partial charge in [0.2, 0.25) is 5.95 Å². The third-order valence-corrected chi connectivity index (χ3v) is 6.86. The molecule has 164 valence electrons. The van der Waals surface area contributed by atoms with Crippen LogP contribution in [0.1, 0.15) is 54.2 Å². The number of nitrogens with zero attached hydrogens (tertiary/aromatic N) is 5. The maximum atomic E-state index is 13.6. The number of rotatable bonds is 3. The third kappa shape index (κ3) is 4.10. The van der Waals surface area contributed by atoms with E-state index in [9.17, 15) is 9.18 Å². The summed E-state index contributed by atoms with van der Waals surface area (Å²) in [4.78, 5) is 29.5. The van der Waals surface area contributed by atoms with Crippen LogP contribution in [-0.2, 0) is 13.0 Å². The second-order valence-electron chi connectivity index (χ2n) is 9.12. The molecule has 0 saturated carbocycles. The molecular weight excluding hydrogens is 393 g/mol. The van der Waals surface area contributed by atoms with Gasteiger partial charge in [-0.1, -0.05) is 13.0 Å². The zero-order chi connectivity index (χ0) is 21.4. The fraction of sp³-hybridized carbons (Fsp3) is 0.542. The lowest BCUT2D eigenvalue weighted by Gasteiger charge is -2.35. The smallest absolute Gasteiger partial charge is 0.254 e. The molecule has 3 aliphatic heterocycles. The van der Waals surface area contributed by atoms with Gasteiger partial charge in [0.1, 0.15) is 11.6 Å². The van der Waals surface area contributed by atoms with Crippen molar-refractivity contribution in [1.82, 2.24) is 14.9 Å². The van der Waals surface area contributed by atoms with Gasteiger partial charge in [-0.05, 0) is 49.8 Å². The van der Waals surface area contributed by atoms with Gasteiger partial charge in [0.25, 0.3) is 5.91 Å². The van der Waals surface area contributed by atoms with Gasteiger partial charge in [-0.3, -0.25) is 4.79 Å². The van der Waals surface area contributed by atoms with E-state index in [-0.39, 0.29) is 11.7 Å². The molecule has 0 aliphatic carbocycles. The van der Waals surface area contributed by atoms with E-state index < -0.39 is 0 Å². The lowest BCUT2D eigenvalue weighted by atomic mass is 9.99. The number of fused-ring (bicyclic) bond motifs is 1. The van der Waals surface area contributed by atoms with Crippen LogP contribution in [0.4, 0.5) is 16.2 Å². The molecule has 2 aromatic rings. The molecule has 1 aromatic carbocycles. The Kier molecular flexibility index (Phi) is 5.50. The molecule has 7 heteroatoms. The molecule has 1 aromatic heterocycles. The molecule has 3 aliphatic rings. The second-order valence-corrected chi connectivity index (χ2v) is 9.12. The van der Waals surface area contributed by atoms with Crippen molar-refractivity contribution in [3.63, 3.8) is 0 Å². The molecule has 5 rings (SSSR count). The van der Waals surface area contributed by atoms with Gasteiger partial charge >= 0.3 is 0 Å². The lowest BCUT2D eigenvalue weighted by molar-refractivity contribution is 0.0733. The van der Waals surface area contributed by atoms with Gasteiger partial charge < -0.3 is 14.7 Å². The van der Waals surface area contributed by atoms with Crippen molar-refractivity contribution < 1.29 is 9.18 Å². The van der Waals surface area contributed by atoms with E-state index in [4.69, 9.17) is 9.97 Å². The number of benzene rings is 1. The average Bonchev–Trinajstić information content (AvgIpc) is 3.33. The number of hydrogen-bond donors (Lipinski definition) is 0. The molecule has 0 N–H and O–H groups in total. The van der Waals surface area contributed by atoms with Gasteiger partial charge in [0.15, 0.2) is 0 Å². The number of hydrogen-bond acceptors (Lipinski definition) is 5. The Hall–Kier alpha value is -2.70. The SMILES string of the molecule is CC1CCN(c2nc3c(c(N4CCCC4)n2)CN(C(=O)c2cccc(F)c2)CC3)CC1. The first-order valence-electron chi connectivity index (χ1n) is 11.5. The summed E-state index contributed by atoms with van der Waals surface area (Å²) in [7, 11) is 0. The van der Waals surface area contributed by atoms with E-state index in [1.54, 1.807) is 12.1 Å². The predicted octanol–water partition coefficient (Wildman–Crippen LogP) is 3.65. The molecular formula is C24H30FN5O. The zero-order valence-corrected chi connectivity index (χ0v) is 18.2. The fourth-order valence-electron chi connectivity index (χ4n) is 4.90. The van der Waals surface area contributed by atoms with Crippen LogP contribution < -0.4 is 9.80 Å². The van der Waals surface area contributed by atoms with Crippen LogP contribution in [0.15, 0.2) is 24.3 Å². The maximum absolute atomic E-state index is 13.6. The quantitative estimate of drug-likeness (QED) is 0.754. The van der Waals surface area contributed by atoms with Crippen molar-refractivity contribution in [1.29, 1.82) is 0 Å². The summed E-state index contributed by atoms with van der Waals surface area (Å²) in [6.07, 6.45) is 5.39. The zero-order valence-electron chi connectivity index (χ0n) is 18.2. The van der Waals surface area contributed by atoms with Gasteiger partial charge in [-0.15, -0.1) is 0 Å². The van der Waals surface area contributed by atoms with Crippen LogP contribution in [-0.4, -0.2) is 53.5 Å². The third-order valence-electron chi connectivity index (χ3n) is 6.86. The van der Waals surface area contributed by atoms with Crippen molar-refractivity contribution in [3.8, 4) is 0 Å². The summed E-state index contributed by atoms with van der Waals surface area (Å²) in [5, 5.41) is 0. The average molecular weight is 424 g/mol. The fourth-order valence-corrected chi connectivity index (χ4v) is 4.90. The Labute approximate surface area is 183 Å². The molecule has 6 nitrogen and oxygen atoms in total. The highest BCUT2D eigenvalue weighted by Crippen LogP contribution is 2.32. The largest absolute Gasteiger partial charge is 0.356 e. The van der Waals surface area contributed by atoms with Crippen molar-refractivity contribution in [2.45, 2.75) is 45.6 Å². The number of carbonyl (C=O) groups excluding carboxylic acids is 1. The molecule has 2 saturated heterocycles. The van der Waals surface area contributed by atoms with Crippen LogP contribution in [0.25, 0.3) is 0 Å². The van der Waals surface area contributed by atoms with E-state index in [2.05, 4.69) is 16.7 Å². The summed E-state index contributed by atoms with van der Waals surface area (Å²) in [6, 6.07) is 5.95. The number of halogens is 1. The summed E-state index contributed by atoms with van der Waals surface area (Å²) < 4.78 is 13.6. The highest BCUT2D eigenvalue weighted by Gasteiger charge is 2.30. The topological polar surface area (TPSA) is 52.6 Å². The first-order chi connectivity index (χ1) is 15.1. The maximum Gasteiger partial charge on any atom is 0.254 e. The van der Waals surface area contributed by atoms with E-state index in [1.165, 1.54) is 37.8 Å². The van der Waals surface area contributed by atoms with Gasteiger partial charge in [-0.25, -0.2) is 9.37 Å². The second kappa shape index (κ2) is 8.44. The molecule has 0 radical (unpaired) electrons. The van der Waals surface area contributed by atoms with Crippen LogP contribution in [0.5, 0.6) is 0 Å². The normalized spacial score (nSPS) is 19.6. The van der Waals surface area contributed by atoms with Crippen molar-refractivity contribution in [2.75, 3.05) is 42.5 Å². The Morgan fingerprint density at radius 2 is 1.81 bits per heavy atom. The van der Waals surface area contributed by atoms with Gasteiger partial charge in [0, 0.05) is 50.3 Å². The summed E-state index contributed by atoms with van der Waals surface area (Å²) in [6.45, 7) is 7.39. The van der Waals surface area contributed by atoms with Crippen LogP contribution in [0.2, 0.25) is 0 Å². The standard InChI is InChI=1S/C24H30FN5O/c1-17-7-12-29(13-8-17)24-26-21-9-14-30(23(31)18-5-4-6-19(25)15-18)16-20(21)22(27-24)28-10-2-3-11-28/h4-6,15,17H,2-3,7-14,16H2,1H3. The van der Waals surface area contributed by atoms with E-state index in [0.29, 0.717) is 25.1 Å². The minimum atomic E-state index is -0.384. The first kappa shape index (κ1) is 20.2. The highest BCUT2D eigenvalue weighted by atomic mass is 19.1. The van der Waals surface area contributed by atoms with E-state index in [0.717, 1.165) is 55.1 Å². The van der Waals surface area contributed by atoms with Gasteiger partial charge in [-0.2, -0.15) is 4.98 Å². The summed E-state index contributed by atoms with van der Waals surface area (Å²) in [5.74, 6) is 2.08. The molecule has 2 fully saturated rings. The van der Waals surface area contributed by atoms with Crippen molar-refractivity contribution in [3.05, 3.63) is 46.9 Å². The minimum absolute atomic E-state index is 0.133. The molecule has 31 heavy (non-hydrogen) atoms. The Bertz CT molecular complexity index is 966. The summed E-state index contributed by atoms with van der Waals surface area (Å²) in [5.41, 5.74) is 2.52. The number of carbonyl (C=O) groups is 1. The molecule has 1 amide bonds. The van der Waals surface area contributed by atoms with Crippen LogP contribution >= 0.6 is 0 Å². The van der Waals surface area contributed by atoms with Crippen molar-refractivity contribution in [2.24, 2.45) is 5.92 Å². The Balaban J connectivity index is 1.45. The Morgan fingerprint density at radius 3 is 2.55 bits per heavy atom. The molecule has 0 atom stereocenters. The summed E-state index contributed by atoms with van der Waals surface area (Å²) >= 11 is 0. The minimum Gasteiger partial charge on any atom is -0.356 e. The number of anilines is 2. The highest BCUT2D eigenvalue weighted by molar-refractivity contribution is 5.94.